The Balaban J connectivity index is 1.89. The number of aromatic hydroxyl groups is 1. The Kier molecular flexibility index (Phi) is 10.2. The van der Waals surface area contributed by atoms with E-state index in [9.17, 15) is 31.9 Å². The molecule has 9 nitrogen and oxygen atoms in total. The number of ether oxygens (including phenoxy) is 2. The number of sulfonamides is 1. The van der Waals surface area contributed by atoms with Crippen molar-refractivity contribution in [3.63, 3.8) is 0 Å². The molecular weight excluding hydrogens is 498 g/mol. The van der Waals surface area contributed by atoms with Crippen molar-refractivity contribution in [3.05, 3.63) is 59.2 Å². The molecule has 2 rings (SSSR count). The predicted molar refractivity (Wildman–Crippen MR) is 129 cm³/mol. The summed E-state index contributed by atoms with van der Waals surface area (Å²) in [6, 6.07) is 8.58. The molecule has 0 aromatic heterocycles. The molecule has 1 amide bonds. The van der Waals surface area contributed by atoms with Crippen LogP contribution in [0.3, 0.4) is 0 Å². The molecule has 1 atom stereocenters. The van der Waals surface area contributed by atoms with Crippen molar-refractivity contribution in [2.75, 3.05) is 26.5 Å². The summed E-state index contributed by atoms with van der Waals surface area (Å²) in [6.45, 7) is 1.17. The van der Waals surface area contributed by atoms with Crippen LogP contribution in [-0.4, -0.2) is 58.0 Å². The summed E-state index contributed by atoms with van der Waals surface area (Å²) in [7, 11) is -2.53. The lowest BCUT2D eigenvalue weighted by atomic mass is 10.0. The number of alkyl halides is 2. The average Bonchev–Trinajstić information content (AvgIpc) is 2.79. The van der Waals surface area contributed by atoms with Crippen LogP contribution < -0.4 is 14.8 Å². The van der Waals surface area contributed by atoms with Crippen LogP contribution >= 0.6 is 0 Å². The molecule has 198 valence electrons. The van der Waals surface area contributed by atoms with Crippen LogP contribution in [0.5, 0.6) is 11.5 Å². The monoisotopic (exact) mass is 528 g/mol. The van der Waals surface area contributed by atoms with E-state index < -0.39 is 33.9 Å². The molecule has 0 saturated heterocycles. The molecule has 12 heteroatoms. The van der Waals surface area contributed by atoms with E-state index in [1.807, 2.05) is 0 Å². The Hall–Kier alpha value is -3.25. The number of benzene rings is 2. The van der Waals surface area contributed by atoms with Gasteiger partial charge in [-0.3, -0.25) is 4.79 Å². The Labute approximate surface area is 208 Å². The van der Waals surface area contributed by atoms with Crippen molar-refractivity contribution in [2.45, 2.75) is 38.2 Å². The van der Waals surface area contributed by atoms with Gasteiger partial charge in [-0.2, -0.15) is 0 Å². The number of carbonyl (C=O) groups is 2. The van der Waals surface area contributed by atoms with E-state index in [-0.39, 0.29) is 42.2 Å². The van der Waals surface area contributed by atoms with Crippen LogP contribution in [0.2, 0.25) is 0 Å². The van der Waals surface area contributed by atoms with E-state index in [2.05, 4.69) is 14.8 Å². The van der Waals surface area contributed by atoms with Crippen LogP contribution in [-0.2, 0) is 31.9 Å². The van der Waals surface area contributed by atoms with Gasteiger partial charge >= 0.3 is 5.97 Å². The zero-order valence-corrected chi connectivity index (χ0v) is 21.0. The summed E-state index contributed by atoms with van der Waals surface area (Å²) < 4.78 is 62.8. The second kappa shape index (κ2) is 12.6. The van der Waals surface area contributed by atoms with Crippen molar-refractivity contribution < 1.29 is 41.4 Å². The van der Waals surface area contributed by atoms with Crippen molar-refractivity contribution in [2.24, 2.45) is 0 Å². The molecule has 2 aromatic carbocycles. The zero-order chi connectivity index (χ0) is 26.9. The third kappa shape index (κ3) is 9.08. The van der Waals surface area contributed by atoms with Crippen LogP contribution in [0.1, 0.15) is 41.3 Å². The minimum absolute atomic E-state index is 0.0224. The molecule has 0 fully saturated rings. The number of amides is 1. The highest BCUT2D eigenvalue weighted by molar-refractivity contribution is 7.88. The average molecular weight is 529 g/mol. The maximum atomic E-state index is 13.4. The molecule has 0 heterocycles. The van der Waals surface area contributed by atoms with Gasteiger partial charge in [0.15, 0.2) is 0 Å². The fraction of sp³-hybridized carbons (Fsp3) is 0.417. The molecule has 0 spiro atoms. The Morgan fingerprint density at radius 3 is 2.36 bits per heavy atom. The summed E-state index contributed by atoms with van der Waals surface area (Å²) in [6.07, 6.45) is 1.86. The third-order valence-electron chi connectivity index (χ3n) is 5.10. The smallest absolute Gasteiger partial charge is 0.345 e. The summed E-state index contributed by atoms with van der Waals surface area (Å²) in [5, 5.41) is 12.5. The fourth-order valence-corrected chi connectivity index (χ4v) is 4.01. The first-order valence-electron chi connectivity index (χ1n) is 11.1. The van der Waals surface area contributed by atoms with Gasteiger partial charge in [-0.15, -0.1) is 0 Å². The van der Waals surface area contributed by atoms with Crippen molar-refractivity contribution >= 4 is 21.9 Å². The van der Waals surface area contributed by atoms with E-state index in [0.29, 0.717) is 18.4 Å². The Morgan fingerprint density at radius 1 is 1.11 bits per heavy atom. The SMILES string of the molecule is COC(=O)c1c(O)cccc1OCCCCNC(=O)C(Cc1ccc(C(C)(F)F)cc1)NS(C)(=O)=O. The van der Waals surface area contributed by atoms with Gasteiger partial charge in [-0.05, 0) is 37.0 Å². The second-order valence-corrected chi connectivity index (χ2v) is 10.0. The minimum Gasteiger partial charge on any atom is -0.507 e. The Bertz CT molecular complexity index is 1150. The normalized spacial score (nSPS) is 12.6. The lowest BCUT2D eigenvalue weighted by Crippen LogP contribution is -2.47. The lowest BCUT2D eigenvalue weighted by Gasteiger charge is -2.18. The van der Waals surface area contributed by atoms with Crippen LogP contribution in [0.4, 0.5) is 8.78 Å². The number of hydrogen-bond acceptors (Lipinski definition) is 7. The van der Waals surface area contributed by atoms with E-state index >= 15 is 0 Å². The maximum Gasteiger partial charge on any atom is 0.345 e. The van der Waals surface area contributed by atoms with Crippen LogP contribution in [0, 0.1) is 0 Å². The van der Waals surface area contributed by atoms with Gasteiger partial charge < -0.3 is 19.9 Å². The van der Waals surface area contributed by atoms with E-state index in [1.54, 1.807) is 0 Å². The quantitative estimate of drug-likeness (QED) is 0.269. The van der Waals surface area contributed by atoms with Gasteiger partial charge in [-0.1, -0.05) is 30.3 Å². The first-order valence-corrected chi connectivity index (χ1v) is 13.0. The van der Waals surface area contributed by atoms with Crippen LogP contribution in [0.25, 0.3) is 0 Å². The minimum atomic E-state index is -3.72. The van der Waals surface area contributed by atoms with Gasteiger partial charge in [0.05, 0.1) is 20.0 Å². The number of phenolic OH excluding ortho intramolecular Hbond substituents is 1. The molecule has 0 saturated carbocycles. The number of hydrogen-bond donors (Lipinski definition) is 3. The zero-order valence-electron chi connectivity index (χ0n) is 20.2. The predicted octanol–water partition coefficient (Wildman–Crippen LogP) is 2.73. The first-order chi connectivity index (χ1) is 16.8. The number of nitrogens with one attached hydrogen (secondary N) is 2. The highest BCUT2D eigenvalue weighted by Crippen LogP contribution is 2.28. The molecule has 1 unspecified atom stereocenters. The van der Waals surface area contributed by atoms with E-state index in [1.165, 1.54) is 49.6 Å². The van der Waals surface area contributed by atoms with Gasteiger partial charge in [0.25, 0.3) is 5.92 Å². The largest absolute Gasteiger partial charge is 0.507 e. The molecule has 0 aliphatic heterocycles. The topological polar surface area (TPSA) is 131 Å². The highest BCUT2D eigenvalue weighted by atomic mass is 32.2. The standard InChI is InChI=1S/C24H30F2N2O7S/c1-24(25,26)17-11-9-16(10-12-17)15-18(28-36(3,32)33)22(30)27-13-4-5-14-35-20-8-6-7-19(29)21(20)23(31)34-2/h6-12,18,28-29H,4-5,13-15H2,1-3H3,(H,27,30). The van der Waals surface area contributed by atoms with Crippen molar-refractivity contribution in [1.82, 2.24) is 10.0 Å². The van der Waals surface area contributed by atoms with E-state index in [0.717, 1.165) is 13.2 Å². The first kappa shape index (κ1) is 29.0. The van der Waals surface area contributed by atoms with Crippen LogP contribution in [0.15, 0.2) is 42.5 Å². The number of rotatable bonds is 13. The fourth-order valence-electron chi connectivity index (χ4n) is 3.31. The van der Waals surface area contributed by atoms with Gasteiger partial charge in [0, 0.05) is 19.0 Å². The molecule has 3 N–H and O–H groups in total. The number of methoxy groups -OCH3 is 1. The Morgan fingerprint density at radius 2 is 1.78 bits per heavy atom. The van der Waals surface area contributed by atoms with Crippen molar-refractivity contribution in [1.29, 1.82) is 0 Å². The highest BCUT2D eigenvalue weighted by Gasteiger charge is 2.25. The summed E-state index contributed by atoms with van der Waals surface area (Å²) in [5.74, 6) is -4.42. The molecular formula is C24H30F2N2O7S. The van der Waals surface area contributed by atoms with Crippen molar-refractivity contribution in [3.8, 4) is 11.5 Å². The lowest BCUT2D eigenvalue weighted by molar-refractivity contribution is -0.122. The third-order valence-corrected chi connectivity index (χ3v) is 5.81. The number of carbonyl (C=O) groups excluding carboxylic acids is 2. The molecule has 0 bridgehead atoms. The molecule has 0 aliphatic rings. The second-order valence-electron chi connectivity index (χ2n) is 8.22. The van der Waals surface area contributed by atoms with E-state index in [4.69, 9.17) is 4.74 Å². The van der Waals surface area contributed by atoms with Gasteiger partial charge in [-0.25, -0.2) is 26.7 Å². The number of unbranched alkanes of at least 4 members (excludes halogenated alkanes) is 1. The maximum absolute atomic E-state index is 13.4. The number of phenols is 1. The van der Waals surface area contributed by atoms with Gasteiger partial charge in [0.1, 0.15) is 23.1 Å². The molecule has 0 aliphatic carbocycles. The molecule has 36 heavy (non-hydrogen) atoms. The van der Waals surface area contributed by atoms with Gasteiger partial charge in [0.2, 0.25) is 15.9 Å². The summed E-state index contributed by atoms with van der Waals surface area (Å²) >= 11 is 0. The number of halogens is 2. The summed E-state index contributed by atoms with van der Waals surface area (Å²) in [4.78, 5) is 24.5. The molecule has 0 radical (unpaired) electrons. The molecule has 2 aromatic rings. The summed E-state index contributed by atoms with van der Waals surface area (Å²) in [5.41, 5.74) is 0.244. The number of esters is 1.